The van der Waals surface area contributed by atoms with Crippen LogP contribution in [0.3, 0.4) is 0 Å². The molecule has 0 bridgehead atoms. The van der Waals surface area contributed by atoms with Gasteiger partial charge in [0.15, 0.2) is 0 Å². The molecule has 1 aromatic heterocycles. The summed E-state index contributed by atoms with van der Waals surface area (Å²) in [4.78, 5) is 15.1. The number of ether oxygens (including phenoxy) is 2. The molecular weight excluding hydrogens is 200 g/mol. The van der Waals surface area contributed by atoms with E-state index >= 15 is 0 Å². The zero-order valence-corrected chi connectivity index (χ0v) is 9.23. The van der Waals surface area contributed by atoms with E-state index in [0.29, 0.717) is 5.82 Å². The van der Waals surface area contributed by atoms with Gasteiger partial charge in [0.05, 0.1) is 6.61 Å². The van der Waals surface area contributed by atoms with Crippen molar-refractivity contribution in [3.63, 3.8) is 0 Å². The zero-order valence-electron chi connectivity index (χ0n) is 9.23. The Morgan fingerprint density at radius 3 is 2.73 bits per heavy atom. The van der Waals surface area contributed by atoms with Gasteiger partial charge in [-0.3, -0.25) is 0 Å². The van der Waals surface area contributed by atoms with Gasteiger partial charge in [-0.05, 0) is 20.8 Å². The fourth-order valence-electron chi connectivity index (χ4n) is 0.835. The van der Waals surface area contributed by atoms with Crippen LogP contribution in [-0.4, -0.2) is 29.8 Å². The monoisotopic (exact) mass is 214 g/mol. The summed E-state index contributed by atoms with van der Waals surface area (Å²) in [6.45, 7) is 5.51. The first-order chi connectivity index (χ1) is 7.01. The third-order valence-corrected chi connectivity index (χ3v) is 1.92. The van der Waals surface area contributed by atoms with Gasteiger partial charge in [0.25, 0.3) is 0 Å². The van der Waals surface area contributed by atoms with Gasteiger partial charge in [0.1, 0.15) is 5.60 Å². The average Bonchev–Trinajstić information content (AvgIpc) is 2.67. The van der Waals surface area contributed by atoms with Crippen LogP contribution in [0.25, 0.3) is 0 Å². The van der Waals surface area contributed by atoms with Crippen LogP contribution < -0.4 is 0 Å². The van der Waals surface area contributed by atoms with Crippen molar-refractivity contribution in [1.82, 2.24) is 10.1 Å². The Morgan fingerprint density at radius 1 is 1.53 bits per heavy atom. The van der Waals surface area contributed by atoms with E-state index in [2.05, 4.69) is 10.1 Å². The number of hydrogen-bond acceptors (Lipinski definition) is 6. The molecule has 6 nitrogen and oxygen atoms in total. The predicted molar refractivity (Wildman–Crippen MR) is 50.3 cm³/mol. The lowest BCUT2D eigenvalue weighted by atomic mass is 10.1. The molecule has 1 aromatic rings. The van der Waals surface area contributed by atoms with Gasteiger partial charge >= 0.3 is 11.9 Å². The van der Waals surface area contributed by atoms with Crippen LogP contribution in [0.15, 0.2) is 4.52 Å². The molecule has 0 atom stereocenters. The van der Waals surface area contributed by atoms with Crippen LogP contribution in [0, 0.1) is 0 Å². The van der Waals surface area contributed by atoms with E-state index < -0.39 is 11.6 Å². The molecule has 1 rings (SSSR count). The summed E-state index contributed by atoms with van der Waals surface area (Å²) in [5, 5.41) is 3.65. The normalized spacial score (nSPS) is 11.5. The van der Waals surface area contributed by atoms with E-state index in [-0.39, 0.29) is 12.5 Å². The third-order valence-electron chi connectivity index (χ3n) is 1.92. The fourth-order valence-corrected chi connectivity index (χ4v) is 0.835. The zero-order chi connectivity index (χ0) is 11.5. The minimum atomic E-state index is -0.686. The highest BCUT2D eigenvalue weighted by atomic mass is 16.6. The third kappa shape index (κ3) is 2.53. The Hall–Kier alpha value is -1.43. The molecule has 15 heavy (non-hydrogen) atoms. The molecule has 0 saturated heterocycles. The Morgan fingerprint density at radius 2 is 2.20 bits per heavy atom. The van der Waals surface area contributed by atoms with Crippen molar-refractivity contribution in [2.75, 3.05) is 13.7 Å². The summed E-state index contributed by atoms with van der Waals surface area (Å²) in [5.41, 5.74) is -0.686. The Bertz CT molecular complexity index is 346. The van der Waals surface area contributed by atoms with Crippen LogP contribution in [0.1, 0.15) is 37.3 Å². The molecular formula is C9H14N2O4. The van der Waals surface area contributed by atoms with E-state index in [4.69, 9.17) is 14.0 Å². The summed E-state index contributed by atoms with van der Waals surface area (Å²) >= 11 is 0. The summed E-state index contributed by atoms with van der Waals surface area (Å²) in [7, 11) is 1.53. The predicted octanol–water partition coefficient (Wildman–Crippen LogP) is 1.13. The molecule has 0 N–H and O–H groups in total. The molecule has 0 aromatic carbocycles. The number of hydrogen-bond donors (Lipinski definition) is 0. The lowest BCUT2D eigenvalue weighted by molar-refractivity contribution is 0.00972. The van der Waals surface area contributed by atoms with Gasteiger partial charge in [-0.2, -0.15) is 4.98 Å². The standard InChI is InChI=1S/C9H14N2O4/c1-5-14-7(12)6-10-8(11-15-6)9(2,3)13-4/h5H2,1-4H3. The van der Waals surface area contributed by atoms with Crippen LogP contribution >= 0.6 is 0 Å². The van der Waals surface area contributed by atoms with Gasteiger partial charge in [0, 0.05) is 7.11 Å². The van der Waals surface area contributed by atoms with E-state index in [1.54, 1.807) is 20.8 Å². The highest BCUT2D eigenvalue weighted by Gasteiger charge is 2.28. The molecule has 0 aliphatic rings. The number of carbonyl (C=O) groups is 1. The lowest BCUT2D eigenvalue weighted by Crippen LogP contribution is -2.21. The van der Waals surface area contributed by atoms with Crippen molar-refractivity contribution in [3.05, 3.63) is 11.7 Å². The molecule has 0 spiro atoms. The minimum Gasteiger partial charge on any atom is -0.459 e. The van der Waals surface area contributed by atoms with E-state index in [1.807, 2.05) is 0 Å². The van der Waals surface area contributed by atoms with Gasteiger partial charge in [-0.1, -0.05) is 5.16 Å². The SMILES string of the molecule is CCOC(=O)c1nc(C(C)(C)OC)no1. The maximum Gasteiger partial charge on any atom is 0.397 e. The van der Waals surface area contributed by atoms with Crippen LogP contribution in [0.5, 0.6) is 0 Å². The Labute approximate surface area is 87.6 Å². The van der Waals surface area contributed by atoms with Gasteiger partial charge in [-0.25, -0.2) is 4.79 Å². The van der Waals surface area contributed by atoms with Crippen molar-refractivity contribution in [2.45, 2.75) is 26.4 Å². The van der Waals surface area contributed by atoms with Gasteiger partial charge < -0.3 is 14.0 Å². The second-order valence-electron chi connectivity index (χ2n) is 3.36. The highest BCUT2D eigenvalue weighted by Crippen LogP contribution is 2.20. The average molecular weight is 214 g/mol. The largest absolute Gasteiger partial charge is 0.459 e. The molecule has 0 amide bonds. The van der Waals surface area contributed by atoms with Crippen molar-refractivity contribution in [3.8, 4) is 0 Å². The quantitative estimate of drug-likeness (QED) is 0.699. The first-order valence-corrected chi connectivity index (χ1v) is 4.57. The van der Waals surface area contributed by atoms with Crippen molar-refractivity contribution < 1.29 is 18.8 Å². The van der Waals surface area contributed by atoms with E-state index in [9.17, 15) is 4.79 Å². The summed E-state index contributed by atoms with van der Waals surface area (Å²) in [6.07, 6.45) is 0. The molecule has 0 radical (unpaired) electrons. The number of rotatable bonds is 4. The number of methoxy groups -OCH3 is 1. The molecule has 84 valence electrons. The fraction of sp³-hybridized carbons (Fsp3) is 0.667. The van der Waals surface area contributed by atoms with E-state index in [1.165, 1.54) is 7.11 Å². The number of esters is 1. The van der Waals surface area contributed by atoms with Crippen molar-refractivity contribution in [1.29, 1.82) is 0 Å². The second-order valence-corrected chi connectivity index (χ2v) is 3.36. The summed E-state index contributed by atoms with van der Waals surface area (Å²) < 4.78 is 14.6. The van der Waals surface area contributed by atoms with Gasteiger partial charge in [0.2, 0.25) is 5.82 Å². The number of carbonyl (C=O) groups excluding carboxylic acids is 1. The van der Waals surface area contributed by atoms with Crippen LogP contribution in [0.2, 0.25) is 0 Å². The topological polar surface area (TPSA) is 74.5 Å². The summed E-state index contributed by atoms with van der Waals surface area (Å²) in [5.74, 6) is -0.465. The van der Waals surface area contributed by atoms with Crippen LogP contribution in [0.4, 0.5) is 0 Å². The molecule has 0 saturated carbocycles. The smallest absolute Gasteiger partial charge is 0.397 e. The molecule has 0 fully saturated rings. The number of nitrogens with zero attached hydrogens (tertiary/aromatic N) is 2. The van der Waals surface area contributed by atoms with Crippen molar-refractivity contribution in [2.24, 2.45) is 0 Å². The molecule has 0 aliphatic carbocycles. The first kappa shape index (κ1) is 11.6. The first-order valence-electron chi connectivity index (χ1n) is 4.57. The molecule has 0 aliphatic heterocycles. The highest BCUT2D eigenvalue weighted by molar-refractivity contribution is 5.83. The maximum atomic E-state index is 11.2. The molecule has 0 unspecified atom stereocenters. The molecule has 6 heteroatoms. The maximum absolute atomic E-state index is 11.2. The Kier molecular flexibility index (Phi) is 3.41. The summed E-state index contributed by atoms with van der Waals surface area (Å²) in [6, 6.07) is 0. The number of aromatic nitrogens is 2. The van der Waals surface area contributed by atoms with Crippen LogP contribution in [-0.2, 0) is 15.1 Å². The van der Waals surface area contributed by atoms with Crippen molar-refractivity contribution >= 4 is 5.97 Å². The van der Waals surface area contributed by atoms with Gasteiger partial charge in [-0.15, -0.1) is 0 Å². The lowest BCUT2D eigenvalue weighted by Gasteiger charge is -2.17. The molecule has 1 heterocycles. The van der Waals surface area contributed by atoms with E-state index in [0.717, 1.165) is 0 Å². The second kappa shape index (κ2) is 4.39. The minimum absolute atomic E-state index is 0.156. The Balaban J connectivity index is 2.85.